The Hall–Kier alpha value is -3.33. The first-order chi connectivity index (χ1) is 13.5. The van der Waals surface area contributed by atoms with Gasteiger partial charge in [0.05, 0.1) is 12.0 Å². The third-order valence-electron chi connectivity index (χ3n) is 4.13. The van der Waals surface area contributed by atoms with Gasteiger partial charge < -0.3 is 4.74 Å². The van der Waals surface area contributed by atoms with Gasteiger partial charge in [0.1, 0.15) is 10.8 Å². The molecule has 8 nitrogen and oxygen atoms in total. The van der Waals surface area contributed by atoms with Gasteiger partial charge in [-0.1, -0.05) is 23.5 Å². The van der Waals surface area contributed by atoms with Crippen molar-refractivity contribution in [3.8, 4) is 5.75 Å². The predicted molar refractivity (Wildman–Crippen MR) is 106 cm³/mol. The summed E-state index contributed by atoms with van der Waals surface area (Å²) in [4.78, 5) is 22.7. The zero-order valence-corrected chi connectivity index (χ0v) is 16.2. The molecular formula is C19H18N4O4S. The second-order valence-corrected chi connectivity index (χ2v) is 7.12. The molecule has 2 aromatic carbocycles. The number of aryl methyl sites for hydroxylation is 3. The van der Waals surface area contributed by atoms with E-state index in [1.807, 2.05) is 24.3 Å². The quantitative estimate of drug-likeness (QED) is 0.479. The smallest absolute Gasteiger partial charge is 0.272 e. The molecule has 9 heteroatoms. The number of nitrogens with one attached hydrogen (secondary N) is 1. The lowest BCUT2D eigenvalue weighted by atomic mass is 10.1. The third-order valence-corrected chi connectivity index (χ3v) is 5.03. The average Bonchev–Trinajstić information content (AvgIpc) is 3.13. The molecule has 144 valence electrons. The van der Waals surface area contributed by atoms with Crippen LogP contribution in [0.15, 0.2) is 42.5 Å². The van der Waals surface area contributed by atoms with E-state index in [1.54, 1.807) is 14.0 Å². The van der Waals surface area contributed by atoms with Gasteiger partial charge in [-0.15, -0.1) is 10.2 Å². The summed E-state index contributed by atoms with van der Waals surface area (Å²) in [5.74, 6) is 0.432. The monoisotopic (exact) mass is 398 g/mol. The fourth-order valence-electron chi connectivity index (χ4n) is 2.62. The number of aromatic nitrogens is 2. The van der Waals surface area contributed by atoms with Gasteiger partial charge in [0.2, 0.25) is 5.13 Å². The Morgan fingerprint density at radius 1 is 1.18 bits per heavy atom. The van der Waals surface area contributed by atoms with Crippen LogP contribution < -0.4 is 10.1 Å². The molecule has 1 aromatic heterocycles. The number of carbonyl (C=O) groups is 1. The van der Waals surface area contributed by atoms with Gasteiger partial charge in [0.15, 0.2) is 0 Å². The number of rotatable bonds is 7. The van der Waals surface area contributed by atoms with Crippen molar-refractivity contribution in [2.75, 3.05) is 12.4 Å². The minimum absolute atomic E-state index is 0.0201. The van der Waals surface area contributed by atoms with Gasteiger partial charge >= 0.3 is 0 Å². The standard InChI is InChI=1S/C19H18N4O4S/c1-12-11-14(6-9-16(12)23(25)26)18(24)20-19-22-21-17(28-19)10-5-13-3-7-15(27-2)8-4-13/h3-4,6-9,11H,5,10H2,1-2H3,(H,20,22,24). The van der Waals surface area contributed by atoms with E-state index in [1.165, 1.54) is 29.5 Å². The molecule has 0 aliphatic heterocycles. The van der Waals surface area contributed by atoms with E-state index in [2.05, 4.69) is 15.5 Å². The molecule has 1 amide bonds. The van der Waals surface area contributed by atoms with E-state index in [0.717, 1.165) is 22.7 Å². The number of amides is 1. The Bertz CT molecular complexity index is 1000. The van der Waals surface area contributed by atoms with E-state index in [-0.39, 0.29) is 11.6 Å². The van der Waals surface area contributed by atoms with E-state index in [4.69, 9.17) is 4.74 Å². The Morgan fingerprint density at radius 2 is 1.93 bits per heavy atom. The summed E-state index contributed by atoms with van der Waals surface area (Å²) in [7, 11) is 1.63. The lowest BCUT2D eigenvalue weighted by Crippen LogP contribution is -2.12. The average molecular weight is 398 g/mol. The molecule has 0 saturated heterocycles. The molecule has 0 aliphatic carbocycles. The lowest BCUT2D eigenvalue weighted by molar-refractivity contribution is -0.385. The van der Waals surface area contributed by atoms with Gasteiger partial charge in [-0.3, -0.25) is 20.2 Å². The van der Waals surface area contributed by atoms with E-state index < -0.39 is 4.92 Å². The highest BCUT2D eigenvalue weighted by molar-refractivity contribution is 7.15. The van der Waals surface area contributed by atoms with Crippen molar-refractivity contribution in [1.82, 2.24) is 10.2 Å². The lowest BCUT2D eigenvalue weighted by Gasteiger charge is -2.03. The summed E-state index contributed by atoms with van der Waals surface area (Å²) in [5.41, 5.74) is 1.89. The first kappa shape index (κ1) is 19.4. The maximum absolute atomic E-state index is 12.3. The van der Waals surface area contributed by atoms with Gasteiger partial charge in [0.25, 0.3) is 11.6 Å². The summed E-state index contributed by atoms with van der Waals surface area (Å²) in [6, 6.07) is 12.1. The van der Waals surface area contributed by atoms with E-state index in [0.29, 0.717) is 22.7 Å². The highest BCUT2D eigenvalue weighted by Crippen LogP contribution is 2.22. The second kappa shape index (κ2) is 8.57. The van der Waals surface area contributed by atoms with Gasteiger partial charge in [-0.25, -0.2) is 0 Å². The molecule has 0 radical (unpaired) electrons. The largest absolute Gasteiger partial charge is 0.497 e. The number of nitrogens with zero attached hydrogens (tertiary/aromatic N) is 3. The number of nitro groups is 1. The molecule has 1 heterocycles. The number of nitro benzene ring substituents is 1. The topological polar surface area (TPSA) is 107 Å². The van der Waals surface area contributed by atoms with Gasteiger partial charge in [-0.2, -0.15) is 0 Å². The predicted octanol–water partition coefficient (Wildman–Crippen LogP) is 3.80. The molecule has 0 atom stereocenters. The van der Waals surface area contributed by atoms with Crippen LogP contribution in [0.25, 0.3) is 0 Å². The number of carbonyl (C=O) groups excluding carboxylic acids is 1. The first-order valence-corrected chi connectivity index (χ1v) is 9.29. The first-order valence-electron chi connectivity index (χ1n) is 8.48. The van der Waals surface area contributed by atoms with Crippen LogP contribution in [0.2, 0.25) is 0 Å². The molecule has 0 bridgehead atoms. The van der Waals surface area contributed by atoms with Crippen molar-refractivity contribution in [3.63, 3.8) is 0 Å². The Kier molecular flexibility index (Phi) is 5.95. The molecule has 0 spiro atoms. The van der Waals surface area contributed by atoms with Crippen molar-refractivity contribution in [2.24, 2.45) is 0 Å². The Labute approximate surface area is 165 Å². The minimum atomic E-state index is -0.475. The number of benzene rings is 2. The molecule has 3 aromatic rings. The minimum Gasteiger partial charge on any atom is -0.497 e. The normalized spacial score (nSPS) is 10.5. The summed E-state index contributed by atoms with van der Waals surface area (Å²) in [6.07, 6.45) is 1.50. The highest BCUT2D eigenvalue weighted by atomic mass is 32.1. The summed E-state index contributed by atoms with van der Waals surface area (Å²) < 4.78 is 5.14. The van der Waals surface area contributed by atoms with Gasteiger partial charge in [0, 0.05) is 23.6 Å². The number of methoxy groups -OCH3 is 1. The van der Waals surface area contributed by atoms with Crippen LogP contribution in [0.1, 0.15) is 26.5 Å². The fraction of sp³-hybridized carbons (Fsp3) is 0.211. The fourth-order valence-corrected chi connectivity index (χ4v) is 3.35. The van der Waals surface area contributed by atoms with E-state index >= 15 is 0 Å². The second-order valence-electron chi connectivity index (χ2n) is 6.06. The molecule has 0 aliphatic rings. The maximum atomic E-state index is 12.3. The van der Waals surface area contributed by atoms with Crippen LogP contribution in [0.3, 0.4) is 0 Å². The zero-order valence-electron chi connectivity index (χ0n) is 15.3. The molecular weight excluding hydrogens is 380 g/mol. The number of hydrogen-bond donors (Lipinski definition) is 1. The third kappa shape index (κ3) is 4.68. The molecule has 1 N–H and O–H groups in total. The highest BCUT2D eigenvalue weighted by Gasteiger charge is 2.15. The van der Waals surface area contributed by atoms with Crippen molar-refractivity contribution in [1.29, 1.82) is 0 Å². The van der Waals surface area contributed by atoms with Crippen LogP contribution in [-0.4, -0.2) is 28.1 Å². The summed E-state index contributed by atoms with van der Waals surface area (Å²) in [6.45, 7) is 1.59. The van der Waals surface area contributed by atoms with Crippen LogP contribution in [0, 0.1) is 17.0 Å². The SMILES string of the molecule is COc1ccc(CCc2nnc(NC(=O)c3ccc([N+](=O)[O-])c(C)c3)s2)cc1. The maximum Gasteiger partial charge on any atom is 0.272 e. The number of ether oxygens (including phenoxy) is 1. The van der Waals surface area contributed by atoms with Gasteiger partial charge in [-0.05, 0) is 43.2 Å². The van der Waals surface area contributed by atoms with Crippen molar-refractivity contribution >= 4 is 28.1 Å². The molecule has 0 unspecified atom stereocenters. The molecule has 0 fully saturated rings. The van der Waals surface area contributed by atoms with E-state index in [9.17, 15) is 14.9 Å². The Morgan fingerprint density at radius 3 is 2.57 bits per heavy atom. The van der Waals surface area contributed by atoms with Crippen molar-refractivity contribution < 1.29 is 14.5 Å². The summed E-state index contributed by atoms with van der Waals surface area (Å²) in [5, 5.41) is 22.9. The van der Waals surface area contributed by atoms with Crippen LogP contribution in [-0.2, 0) is 12.8 Å². The number of hydrogen-bond acceptors (Lipinski definition) is 7. The van der Waals surface area contributed by atoms with Crippen LogP contribution >= 0.6 is 11.3 Å². The van der Waals surface area contributed by atoms with Crippen LogP contribution in [0.4, 0.5) is 10.8 Å². The van der Waals surface area contributed by atoms with Crippen molar-refractivity contribution in [2.45, 2.75) is 19.8 Å². The molecule has 3 rings (SSSR count). The Balaban J connectivity index is 1.59. The van der Waals surface area contributed by atoms with Crippen LogP contribution in [0.5, 0.6) is 5.75 Å². The van der Waals surface area contributed by atoms with Crippen molar-refractivity contribution in [3.05, 3.63) is 74.3 Å². The zero-order chi connectivity index (χ0) is 20.1. The molecule has 0 saturated carbocycles. The molecule has 28 heavy (non-hydrogen) atoms. The number of anilines is 1. The summed E-state index contributed by atoms with van der Waals surface area (Å²) >= 11 is 1.31.